The van der Waals surface area contributed by atoms with Gasteiger partial charge in [-0.15, -0.1) is 0 Å². The number of nitrogens with zero attached hydrogens (tertiary/aromatic N) is 2. The molecule has 0 spiro atoms. The Morgan fingerprint density at radius 1 is 1.16 bits per heavy atom. The van der Waals surface area contributed by atoms with Crippen molar-refractivity contribution >= 4 is 0 Å². The van der Waals surface area contributed by atoms with E-state index in [9.17, 15) is 0 Å². The summed E-state index contributed by atoms with van der Waals surface area (Å²) in [7, 11) is 1.92. The van der Waals surface area contributed by atoms with Gasteiger partial charge in [-0.2, -0.15) is 5.10 Å². The highest BCUT2D eigenvalue weighted by molar-refractivity contribution is 5.41. The Morgan fingerprint density at radius 2 is 1.89 bits per heavy atom. The molecule has 3 rings (SSSR count). The second-order valence-electron chi connectivity index (χ2n) is 5.80. The molecular formula is C16H21N3. The van der Waals surface area contributed by atoms with E-state index in [0.29, 0.717) is 0 Å². The van der Waals surface area contributed by atoms with Crippen LogP contribution in [0, 0.1) is 0 Å². The zero-order valence-corrected chi connectivity index (χ0v) is 11.7. The molecule has 0 bridgehead atoms. The third-order valence-electron chi connectivity index (χ3n) is 4.25. The van der Waals surface area contributed by atoms with E-state index in [-0.39, 0.29) is 0 Å². The number of aromatic nitrogens is 2. The summed E-state index contributed by atoms with van der Waals surface area (Å²) in [6, 6.07) is 6.73. The number of aryl methyl sites for hydroxylation is 3. The molecule has 1 aromatic carbocycles. The molecule has 1 heterocycles. The number of rotatable bonds is 2. The van der Waals surface area contributed by atoms with Crippen LogP contribution in [0.15, 0.2) is 30.6 Å². The van der Waals surface area contributed by atoms with Crippen LogP contribution in [0.25, 0.3) is 0 Å². The van der Waals surface area contributed by atoms with Crippen LogP contribution >= 0.6 is 0 Å². The van der Waals surface area contributed by atoms with Crippen molar-refractivity contribution < 1.29 is 0 Å². The minimum Gasteiger partial charge on any atom is -0.318 e. The summed E-state index contributed by atoms with van der Waals surface area (Å²) in [5.74, 6) is 0. The monoisotopic (exact) mass is 255 g/mol. The van der Waals surface area contributed by atoms with Crippen LogP contribution in [0.4, 0.5) is 0 Å². The molecule has 1 unspecified atom stereocenters. The molecule has 3 nitrogen and oxygen atoms in total. The zero-order chi connectivity index (χ0) is 13.5. The van der Waals surface area contributed by atoms with Gasteiger partial charge in [0.25, 0.3) is 0 Å². The van der Waals surface area contributed by atoms with Crippen LogP contribution in [0.2, 0.25) is 0 Å². The maximum absolute atomic E-state index is 6.55. The van der Waals surface area contributed by atoms with E-state index < -0.39 is 5.54 Å². The van der Waals surface area contributed by atoms with Gasteiger partial charge in [0.15, 0.2) is 0 Å². The first-order valence-electron chi connectivity index (χ1n) is 6.97. The van der Waals surface area contributed by atoms with E-state index >= 15 is 0 Å². The average Bonchev–Trinajstić information content (AvgIpc) is 2.85. The molecule has 0 saturated carbocycles. The second kappa shape index (κ2) is 4.49. The van der Waals surface area contributed by atoms with E-state index in [1.54, 1.807) is 4.68 Å². The highest BCUT2D eigenvalue weighted by Crippen LogP contribution is 2.30. The second-order valence-corrected chi connectivity index (χ2v) is 5.80. The van der Waals surface area contributed by atoms with Gasteiger partial charge in [0.1, 0.15) is 0 Å². The molecule has 0 fully saturated rings. The van der Waals surface area contributed by atoms with Crippen molar-refractivity contribution in [3.63, 3.8) is 0 Å². The lowest BCUT2D eigenvalue weighted by Gasteiger charge is -2.26. The lowest BCUT2D eigenvalue weighted by molar-refractivity contribution is 0.597. The molecule has 1 atom stereocenters. The van der Waals surface area contributed by atoms with Gasteiger partial charge in [0.2, 0.25) is 0 Å². The highest BCUT2D eigenvalue weighted by Gasteiger charge is 2.26. The normalized spacial score (nSPS) is 17.8. The Kier molecular flexibility index (Phi) is 2.94. The molecule has 2 aromatic rings. The predicted octanol–water partition coefficient (Wildman–Crippen LogP) is 2.52. The first-order valence-corrected chi connectivity index (χ1v) is 6.97. The largest absolute Gasteiger partial charge is 0.318 e. The SMILES string of the molecule is Cn1cc(C(C)(N)c2ccc3c(c2)CCCC3)cn1. The van der Waals surface area contributed by atoms with E-state index in [1.807, 2.05) is 19.4 Å². The molecule has 3 heteroatoms. The molecule has 0 saturated heterocycles. The zero-order valence-electron chi connectivity index (χ0n) is 11.7. The van der Waals surface area contributed by atoms with E-state index in [1.165, 1.54) is 42.4 Å². The minimum absolute atomic E-state index is 0.471. The van der Waals surface area contributed by atoms with Gasteiger partial charge in [-0.3, -0.25) is 4.68 Å². The van der Waals surface area contributed by atoms with Crippen LogP contribution in [0.1, 0.15) is 42.0 Å². The van der Waals surface area contributed by atoms with Gasteiger partial charge in [-0.1, -0.05) is 18.2 Å². The Labute approximate surface area is 114 Å². The topological polar surface area (TPSA) is 43.8 Å². The van der Waals surface area contributed by atoms with Gasteiger partial charge in [-0.25, -0.2) is 0 Å². The maximum atomic E-state index is 6.55. The van der Waals surface area contributed by atoms with Crippen molar-refractivity contribution in [2.45, 2.75) is 38.1 Å². The molecule has 100 valence electrons. The molecular weight excluding hydrogens is 234 g/mol. The lowest BCUT2D eigenvalue weighted by atomic mass is 9.83. The highest BCUT2D eigenvalue weighted by atomic mass is 15.2. The fourth-order valence-corrected chi connectivity index (χ4v) is 2.91. The first-order chi connectivity index (χ1) is 9.07. The van der Waals surface area contributed by atoms with Gasteiger partial charge in [-0.05, 0) is 49.3 Å². The summed E-state index contributed by atoms with van der Waals surface area (Å²) in [6.07, 6.45) is 8.87. The number of nitrogens with two attached hydrogens (primary N) is 1. The molecule has 1 aliphatic rings. The summed E-state index contributed by atoms with van der Waals surface area (Å²) in [5.41, 5.74) is 11.3. The van der Waals surface area contributed by atoms with Crippen molar-refractivity contribution in [1.29, 1.82) is 0 Å². The molecule has 19 heavy (non-hydrogen) atoms. The van der Waals surface area contributed by atoms with Gasteiger partial charge >= 0.3 is 0 Å². The Hall–Kier alpha value is -1.61. The van der Waals surface area contributed by atoms with Crippen LogP contribution in [-0.2, 0) is 25.4 Å². The van der Waals surface area contributed by atoms with Crippen LogP contribution in [-0.4, -0.2) is 9.78 Å². The summed E-state index contributed by atoms with van der Waals surface area (Å²) >= 11 is 0. The van der Waals surface area contributed by atoms with Gasteiger partial charge < -0.3 is 5.73 Å². The third kappa shape index (κ3) is 2.19. The van der Waals surface area contributed by atoms with E-state index in [0.717, 1.165) is 5.56 Å². The van der Waals surface area contributed by atoms with Crippen molar-refractivity contribution in [3.8, 4) is 0 Å². The molecule has 0 amide bonds. The van der Waals surface area contributed by atoms with Crippen molar-refractivity contribution in [2.24, 2.45) is 12.8 Å². The Balaban J connectivity index is 2.01. The standard InChI is InChI=1S/C16H21N3/c1-16(17,15-10-18-19(2)11-15)14-8-7-12-5-3-4-6-13(12)9-14/h7-11H,3-6,17H2,1-2H3. The molecule has 0 aliphatic heterocycles. The maximum Gasteiger partial charge on any atom is 0.0668 e. The van der Waals surface area contributed by atoms with E-state index in [2.05, 4.69) is 30.2 Å². The summed E-state index contributed by atoms with van der Waals surface area (Å²) in [4.78, 5) is 0. The summed E-state index contributed by atoms with van der Waals surface area (Å²) in [6.45, 7) is 2.06. The average molecular weight is 255 g/mol. The summed E-state index contributed by atoms with van der Waals surface area (Å²) in [5, 5.41) is 4.23. The molecule has 1 aromatic heterocycles. The quantitative estimate of drug-likeness (QED) is 0.896. The molecule has 1 aliphatic carbocycles. The van der Waals surface area contributed by atoms with E-state index in [4.69, 9.17) is 5.73 Å². The van der Waals surface area contributed by atoms with Crippen LogP contribution in [0.3, 0.4) is 0 Å². The third-order valence-corrected chi connectivity index (χ3v) is 4.25. The first kappa shape index (κ1) is 12.4. The Morgan fingerprint density at radius 3 is 2.58 bits per heavy atom. The number of hydrogen-bond donors (Lipinski definition) is 1. The van der Waals surface area contributed by atoms with Gasteiger partial charge in [0.05, 0.1) is 11.7 Å². The number of hydrogen-bond acceptors (Lipinski definition) is 2. The smallest absolute Gasteiger partial charge is 0.0668 e. The van der Waals surface area contributed by atoms with Crippen LogP contribution < -0.4 is 5.73 Å². The number of benzene rings is 1. The fraction of sp³-hybridized carbons (Fsp3) is 0.438. The van der Waals surface area contributed by atoms with Crippen molar-refractivity contribution in [3.05, 3.63) is 52.8 Å². The lowest BCUT2D eigenvalue weighted by Crippen LogP contribution is -2.34. The number of fused-ring (bicyclic) bond motifs is 1. The summed E-state index contributed by atoms with van der Waals surface area (Å²) < 4.78 is 1.80. The van der Waals surface area contributed by atoms with Gasteiger partial charge in [0, 0.05) is 18.8 Å². The molecule has 0 radical (unpaired) electrons. The Bertz CT molecular complexity index is 596. The van der Waals surface area contributed by atoms with Crippen molar-refractivity contribution in [1.82, 2.24) is 9.78 Å². The van der Waals surface area contributed by atoms with Crippen LogP contribution in [0.5, 0.6) is 0 Å². The predicted molar refractivity (Wildman–Crippen MR) is 76.9 cm³/mol. The minimum atomic E-state index is -0.471. The van der Waals surface area contributed by atoms with Crippen molar-refractivity contribution in [2.75, 3.05) is 0 Å². The fourth-order valence-electron chi connectivity index (χ4n) is 2.91. The molecule has 2 N–H and O–H groups in total.